The maximum absolute atomic E-state index is 12.7. The van der Waals surface area contributed by atoms with E-state index in [1.165, 1.54) is 70.6 Å². The SMILES string of the molecule is CCCCCC/C=C\CCCC(=O)NC(COC1OC(CO)C(O)C(O)C1O)C(O)/C=C/CCCCCCCCCCC. The lowest BCUT2D eigenvalue weighted by molar-refractivity contribution is -0.302. The molecule has 1 fully saturated rings. The molecule has 9 heteroatoms. The van der Waals surface area contributed by atoms with Crippen molar-refractivity contribution in [3.63, 3.8) is 0 Å². The van der Waals surface area contributed by atoms with Gasteiger partial charge < -0.3 is 40.3 Å². The number of carbonyl (C=O) groups is 1. The van der Waals surface area contributed by atoms with Crippen LogP contribution in [-0.2, 0) is 14.3 Å². The number of allylic oxidation sites excluding steroid dienone is 3. The van der Waals surface area contributed by atoms with E-state index in [1.54, 1.807) is 6.08 Å². The first-order valence-corrected chi connectivity index (χ1v) is 17.1. The molecule has 0 radical (unpaired) electrons. The third-order valence-electron chi connectivity index (χ3n) is 8.02. The first-order valence-electron chi connectivity index (χ1n) is 17.1. The number of amides is 1. The van der Waals surface area contributed by atoms with E-state index in [2.05, 4.69) is 31.3 Å². The predicted molar refractivity (Wildman–Crippen MR) is 170 cm³/mol. The normalized spacial score (nSPS) is 24.1. The topological polar surface area (TPSA) is 149 Å². The number of ether oxygens (including phenoxy) is 2. The van der Waals surface area contributed by atoms with Crippen LogP contribution in [0.3, 0.4) is 0 Å². The third kappa shape index (κ3) is 18.3. The Labute approximate surface area is 260 Å². The largest absolute Gasteiger partial charge is 0.394 e. The van der Waals surface area contributed by atoms with Crippen LogP contribution in [0.2, 0.25) is 0 Å². The summed E-state index contributed by atoms with van der Waals surface area (Å²) in [5, 5.41) is 53.6. The van der Waals surface area contributed by atoms with Gasteiger partial charge >= 0.3 is 0 Å². The highest BCUT2D eigenvalue weighted by molar-refractivity contribution is 5.76. The number of unbranched alkanes of at least 4 members (excludes halogenated alkanes) is 14. The van der Waals surface area contributed by atoms with Gasteiger partial charge in [-0.05, 0) is 38.5 Å². The fraction of sp³-hybridized carbons (Fsp3) is 0.853. The monoisotopic (exact) mass is 613 g/mol. The Bertz CT molecular complexity index is 731. The molecule has 1 saturated heterocycles. The molecule has 9 nitrogen and oxygen atoms in total. The minimum Gasteiger partial charge on any atom is -0.394 e. The maximum atomic E-state index is 12.7. The number of nitrogens with one attached hydrogen (secondary N) is 1. The molecule has 1 rings (SSSR count). The molecular weight excluding hydrogens is 550 g/mol. The highest BCUT2D eigenvalue weighted by atomic mass is 16.7. The van der Waals surface area contributed by atoms with Gasteiger partial charge in [0, 0.05) is 6.42 Å². The summed E-state index contributed by atoms with van der Waals surface area (Å²) in [5.74, 6) is -0.217. The van der Waals surface area contributed by atoms with Crippen LogP contribution in [0, 0.1) is 0 Å². The highest BCUT2D eigenvalue weighted by Crippen LogP contribution is 2.22. The lowest BCUT2D eigenvalue weighted by Gasteiger charge is -2.40. The van der Waals surface area contributed by atoms with Gasteiger partial charge in [0.1, 0.15) is 24.4 Å². The van der Waals surface area contributed by atoms with E-state index in [1.807, 2.05) is 6.08 Å². The lowest BCUT2D eigenvalue weighted by Crippen LogP contribution is -2.60. The van der Waals surface area contributed by atoms with Gasteiger partial charge in [0.15, 0.2) is 6.29 Å². The molecule has 1 aliphatic heterocycles. The molecule has 0 aromatic carbocycles. The van der Waals surface area contributed by atoms with Crippen molar-refractivity contribution in [1.82, 2.24) is 5.32 Å². The summed E-state index contributed by atoms with van der Waals surface area (Å²) >= 11 is 0. The van der Waals surface area contributed by atoms with Crippen molar-refractivity contribution in [3.05, 3.63) is 24.3 Å². The van der Waals surface area contributed by atoms with E-state index in [9.17, 15) is 30.3 Å². The first-order chi connectivity index (χ1) is 20.8. The molecule has 1 heterocycles. The lowest BCUT2D eigenvalue weighted by atomic mass is 9.99. The molecule has 6 N–H and O–H groups in total. The van der Waals surface area contributed by atoms with Crippen molar-refractivity contribution in [2.24, 2.45) is 0 Å². The molecule has 0 saturated carbocycles. The average molecular weight is 614 g/mol. The van der Waals surface area contributed by atoms with Crippen LogP contribution in [-0.4, -0.2) is 87.5 Å². The number of hydrogen-bond acceptors (Lipinski definition) is 8. The Kier molecular flexibility index (Phi) is 23.9. The minimum absolute atomic E-state index is 0.199. The van der Waals surface area contributed by atoms with Gasteiger partial charge in [-0.15, -0.1) is 0 Å². The van der Waals surface area contributed by atoms with Crippen LogP contribution in [0.1, 0.15) is 129 Å². The molecular formula is C34H63NO8. The zero-order valence-corrected chi connectivity index (χ0v) is 27.0. The number of aliphatic hydroxyl groups is 5. The second-order valence-corrected chi connectivity index (χ2v) is 12.0. The molecule has 7 unspecified atom stereocenters. The Morgan fingerprint density at radius 1 is 0.767 bits per heavy atom. The van der Waals surface area contributed by atoms with Gasteiger partial charge in [0.2, 0.25) is 5.91 Å². The smallest absolute Gasteiger partial charge is 0.220 e. The molecule has 1 aliphatic rings. The Hall–Kier alpha value is -1.33. The summed E-state index contributed by atoms with van der Waals surface area (Å²) in [7, 11) is 0. The van der Waals surface area contributed by atoms with E-state index in [0.29, 0.717) is 12.8 Å². The van der Waals surface area contributed by atoms with E-state index in [4.69, 9.17) is 9.47 Å². The minimum atomic E-state index is -1.56. The molecule has 0 spiro atoms. The molecule has 1 amide bonds. The Balaban J connectivity index is 2.56. The van der Waals surface area contributed by atoms with Crippen LogP contribution >= 0.6 is 0 Å². The van der Waals surface area contributed by atoms with E-state index in [-0.39, 0.29) is 12.5 Å². The molecule has 7 atom stereocenters. The van der Waals surface area contributed by atoms with Gasteiger partial charge in [-0.2, -0.15) is 0 Å². The van der Waals surface area contributed by atoms with E-state index in [0.717, 1.165) is 32.1 Å². The van der Waals surface area contributed by atoms with Gasteiger partial charge in [-0.25, -0.2) is 0 Å². The summed E-state index contributed by atoms with van der Waals surface area (Å²) in [6.45, 7) is 3.66. The van der Waals surface area contributed by atoms with E-state index >= 15 is 0 Å². The number of hydrogen-bond donors (Lipinski definition) is 6. The Morgan fingerprint density at radius 2 is 1.30 bits per heavy atom. The quantitative estimate of drug-likeness (QED) is 0.0601. The van der Waals surface area contributed by atoms with Gasteiger partial charge in [0.25, 0.3) is 0 Å². The number of aliphatic hydroxyl groups excluding tert-OH is 5. The van der Waals surface area contributed by atoms with Crippen LogP contribution in [0.5, 0.6) is 0 Å². The van der Waals surface area contributed by atoms with Gasteiger partial charge in [0.05, 0.1) is 25.4 Å². The van der Waals surface area contributed by atoms with Crippen molar-refractivity contribution in [3.8, 4) is 0 Å². The average Bonchev–Trinajstić information content (AvgIpc) is 3.00. The van der Waals surface area contributed by atoms with Crippen molar-refractivity contribution < 1.29 is 39.8 Å². The van der Waals surface area contributed by atoms with Crippen LogP contribution in [0.25, 0.3) is 0 Å². The summed E-state index contributed by atoms with van der Waals surface area (Å²) in [4.78, 5) is 12.7. The summed E-state index contributed by atoms with van der Waals surface area (Å²) in [5.41, 5.74) is 0. The van der Waals surface area contributed by atoms with Crippen molar-refractivity contribution in [2.75, 3.05) is 13.2 Å². The Morgan fingerprint density at radius 3 is 1.91 bits per heavy atom. The van der Waals surface area contributed by atoms with Gasteiger partial charge in [-0.1, -0.05) is 109 Å². The molecule has 252 valence electrons. The molecule has 0 aromatic rings. The number of rotatable bonds is 26. The zero-order valence-electron chi connectivity index (χ0n) is 27.0. The summed E-state index contributed by atoms with van der Waals surface area (Å²) < 4.78 is 11.1. The number of carbonyl (C=O) groups excluding carboxylic acids is 1. The van der Waals surface area contributed by atoms with Crippen LogP contribution < -0.4 is 5.32 Å². The summed E-state index contributed by atoms with van der Waals surface area (Å²) in [6.07, 6.45) is 19.5. The molecule has 0 aliphatic carbocycles. The zero-order chi connectivity index (χ0) is 31.7. The second-order valence-electron chi connectivity index (χ2n) is 12.0. The standard InChI is InChI=1S/C34H63NO8/c1-3-5-7-9-11-13-14-16-17-19-21-23-28(37)27(26-42-34-33(41)32(40)31(39)29(25-36)43-34)35-30(38)24-22-20-18-15-12-10-8-6-4-2/h15,18,21,23,27-29,31-34,36-37,39-41H,3-14,16-17,19-20,22,24-26H2,1-2H3,(H,35,38)/b18-15-,23-21+. The van der Waals surface area contributed by atoms with Gasteiger partial charge in [-0.3, -0.25) is 4.79 Å². The van der Waals surface area contributed by atoms with Crippen LogP contribution in [0.4, 0.5) is 0 Å². The fourth-order valence-corrected chi connectivity index (χ4v) is 5.16. The predicted octanol–water partition coefficient (Wildman–Crippen LogP) is 4.82. The second kappa shape index (κ2) is 25.9. The van der Waals surface area contributed by atoms with Crippen molar-refractivity contribution in [1.29, 1.82) is 0 Å². The third-order valence-corrected chi connectivity index (χ3v) is 8.02. The molecule has 0 aromatic heterocycles. The van der Waals surface area contributed by atoms with E-state index < -0.39 is 49.5 Å². The van der Waals surface area contributed by atoms with Crippen LogP contribution in [0.15, 0.2) is 24.3 Å². The van der Waals surface area contributed by atoms with Crippen molar-refractivity contribution >= 4 is 5.91 Å². The fourth-order valence-electron chi connectivity index (χ4n) is 5.16. The molecule has 43 heavy (non-hydrogen) atoms. The maximum Gasteiger partial charge on any atom is 0.220 e. The summed E-state index contributed by atoms with van der Waals surface area (Å²) in [6, 6.07) is -0.812. The van der Waals surface area contributed by atoms with Crippen molar-refractivity contribution in [2.45, 2.75) is 172 Å². The first kappa shape index (κ1) is 39.7. The highest BCUT2D eigenvalue weighted by Gasteiger charge is 2.44. The molecule has 0 bridgehead atoms.